The molecule has 16 heavy (non-hydrogen) atoms. The highest BCUT2D eigenvalue weighted by atomic mass is 35.5. The van der Waals surface area contributed by atoms with Gasteiger partial charge in [0.05, 0.1) is 13.7 Å². The second-order valence-electron chi connectivity index (χ2n) is 3.98. The summed E-state index contributed by atoms with van der Waals surface area (Å²) in [6.07, 6.45) is 2.28. The van der Waals surface area contributed by atoms with Crippen LogP contribution in [0.4, 0.5) is 0 Å². The summed E-state index contributed by atoms with van der Waals surface area (Å²) in [5.41, 5.74) is 6.87. The lowest BCUT2D eigenvalue weighted by molar-refractivity contribution is 0.100. The molecule has 0 radical (unpaired) electrons. The summed E-state index contributed by atoms with van der Waals surface area (Å²) < 4.78 is 5.29. The van der Waals surface area contributed by atoms with Crippen LogP contribution in [0, 0.1) is 0 Å². The van der Waals surface area contributed by atoms with E-state index in [2.05, 4.69) is 0 Å². The predicted molar refractivity (Wildman–Crippen MR) is 63.4 cm³/mol. The van der Waals surface area contributed by atoms with Gasteiger partial charge < -0.3 is 10.5 Å². The fourth-order valence-electron chi connectivity index (χ4n) is 1.81. The standard InChI is InChI=1S/C12H14ClNO2/c1-16-11-5-8(10(15)6-14)4-9(13)12(11)7-2-3-7/h4-5,7H,2-3,6,14H2,1H3. The molecule has 0 saturated heterocycles. The van der Waals surface area contributed by atoms with Crippen LogP contribution in [0.3, 0.4) is 0 Å². The molecule has 0 atom stereocenters. The molecule has 0 amide bonds. The van der Waals surface area contributed by atoms with Gasteiger partial charge in [0.15, 0.2) is 5.78 Å². The largest absolute Gasteiger partial charge is 0.496 e. The molecule has 1 aliphatic carbocycles. The highest BCUT2D eigenvalue weighted by Gasteiger charge is 2.29. The van der Waals surface area contributed by atoms with Gasteiger partial charge in [-0.1, -0.05) is 11.6 Å². The first-order valence-corrected chi connectivity index (χ1v) is 5.66. The van der Waals surface area contributed by atoms with Crippen LogP contribution in [0.2, 0.25) is 5.02 Å². The smallest absolute Gasteiger partial charge is 0.176 e. The highest BCUT2D eigenvalue weighted by molar-refractivity contribution is 6.32. The second-order valence-corrected chi connectivity index (χ2v) is 4.38. The maximum atomic E-state index is 11.5. The first kappa shape index (κ1) is 11.4. The number of ketones is 1. The van der Waals surface area contributed by atoms with Gasteiger partial charge in [0, 0.05) is 16.1 Å². The Hall–Kier alpha value is -1.06. The van der Waals surface area contributed by atoms with Crippen LogP contribution in [0.1, 0.15) is 34.7 Å². The molecular formula is C12H14ClNO2. The van der Waals surface area contributed by atoms with Gasteiger partial charge in [0.25, 0.3) is 0 Å². The first-order valence-electron chi connectivity index (χ1n) is 5.28. The number of hydrogen-bond donors (Lipinski definition) is 1. The van der Waals surface area contributed by atoms with E-state index in [0.29, 0.717) is 22.3 Å². The number of benzene rings is 1. The van der Waals surface area contributed by atoms with E-state index in [-0.39, 0.29) is 12.3 Å². The summed E-state index contributed by atoms with van der Waals surface area (Å²) in [6.45, 7) is -0.0116. The Morgan fingerprint density at radius 2 is 2.25 bits per heavy atom. The summed E-state index contributed by atoms with van der Waals surface area (Å²) >= 11 is 6.18. The zero-order valence-electron chi connectivity index (χ0n) is 9.13. The normalized spacial score (nSPS) is 14.9. The Morgan fingerprint density at radius 3 is 2.75 bits per heavy atom. The Kier molecular flexibility index (Phi) is 3.17. The van der Waals surface area contributed by atoms with Crippen molar-refractivity contribution in [3.05, 3.63) is 28.3 Å². The molecule has 3 nitrogen and oxygen atoms in total. The van der Waals surface area contributed by atoms with Crippen LogP contribution < -0.4 is 10.5 Å². The lowest BCUT2D eigenvalue weighted by Gasteiger charge is -2.11. The van der Waals surface area contributed by atoms with Crippen molar-refractivity contribution < 1.29 is 9.53 Å². The predicted octanol–water partition coefficient (Wildman–Crippen LogP) is 2.37. The first-order chi connectivity index (χ1) is 7.67. The number of carbonyl (C=O) groups is 1. The molecule has 1 aliphatic rings. The number of carbonyl (C=O) groups excluding carboxylic acids is 1. The van der Waals surface area contributed by atoms with Crippen molar-refractivity contribution in [1.82, 2.24) is 0 Å². The minimum Gasteiger partial charge on any atom is -0.496 e. The van der Waals surface area contributed by atoms with Crippen molar-refractivity contribution in [2.24, 2.45) is 5.73 Å². The summed E-state index contributed by atoms with van der Waals surface area (Å²) in [4.78, 5) is 11.5. The van der Waals surface area contributed by atoms with Crippen molar-refractivity contribution in [1.29, 1.82) is 0 Å². The molecule has 0 aromatic heterocycles. The SMILES string of the molecule is COc1cc(C(=O)CN)cc(Cl)c1C1CC1. The van der Waals surface area contributed by atoms with E-state index in [1.54, 1.807) is 19.2 Å². The number of halogens is 1. The Morgan fingerprint density at radius 1 is 1.56 bits per heavy atom. The van der Waals surface area contributed by atoms with Crippen molar-refractivity contribution in [3.63, 3.8) is 0 Å². The number of methoxy groups -OCH3 is 1. The Labute approximate surface area is 99.5 Å². The molecule has 86 valence electrons. The van der Waals surface area contributed by atoms with Gasteiger partial charge in [-0.2, -0.15) is 0 Å². The van der Waals surface area contributed by atoms with E-state index >= 15 is 0 Å². The van der Waals surface area contributed by atoms with Gasteiger partial charge in [-0.15, -0.1) is 0 Å². The zero-order chi connectivity index (χ0) is 11.7. The van der Waals surface area contributed by atoms with Crippen molar-refractivity contribution in [2.75, 3.05) is 13.7 Å². The van der Waals surface area contributed by atoms with Crippen LogP contribution in [0.25, 0.3) is 0 Å². The molecule has 1 aromatic carbocycles. The Bertz CT molecular complexity index is 427. The quantitative estimate of drug-likeness (QED) is 0.821. The van der Waals surface area contributed by atoms with E-state index in [1.165, 1.54) is 0 Å². The third kappa shape index (κ3) is 2.06. The second kappa shape index (κ2) is 4.44. The summed E-state index contributed by atoms with van der Waals surface area (Å²) in [7, 11) is 1.59. The van der Waals surface area contributed by atoms with Gasteiger partial charge in [-0.05, 0) is 30.9 Å². The minimum absolute atomic E-state index is 0.0116. The molecule has 1 saturated carbocycles. The fraction of sp³-hybridized carbons (Fsp3) is 0.417. The lowest BCUT2D eigenvalue weighted by Crippen LogP contribution is -2.13. The number of nitrogens with two attached hydrogens (primary N) is 1. The molecule has 2 rings (SSSR count). The number of rotatable bonds is 4. The molecule has 0 unspecified atom stereocenters. The topological polar surface area (TPSA) is 52.3 Å². The van der Waals surface area contributed by atoms with Crippen molar-refractivity contribution in [2.45, 2.75) is 18.8 Å². The Balaban J connectivity index is 2.45. The average Bonchev–Trinajstić information content (AvgIpc) is 3.10. The summed E-state index contributed by atoms with van der Waals surface area (Å²) in [5, 5.41) is 0.610. The molecule has 0 heterocycles. The number of ether oxygens (including phenoxy) is 1. The monoisotopic (exact) mass is 239 g/mol. The van der Waals surface area contributed by atoms with E-state index in [1.807, 2.05) is 0 Å². The zero-order valence-corrected chi connectivity index (χ0v) is 9.88. The third-order valence-electron chi connectivity index (χ3n) is 2.80. The van der Waals surface area contributed by atoms with Crippen LogP contribution >= 0.6 is 11.6 Å². The molecule has 1 fully saturated rings. The molecule has 2 N–H and O–H groups in total. The molecule has 0 aliphatic heterocycles. The van der Waals surface area contributed by atoms with Gasteiger partial charge in [0.2, 0.25) is 0 Å². The maximum absolute atomic E-state index is 11.5. The van der Waals surface area contributed by atoms with Crippen molar-refractivity contribution >= 4 is 17.4 Å². The molecule has 4 heteroatoms. The van der Waals surface area contributed by atoms with Gasteiger partial charge >= 0.3 is 0 Å². The maximum Gasteiger partial charge on any atom is 0.176 e. The average molecular weight is 240 g/mol. The molecule has 0 spiro atoms. The summed E-state index contributed by atoms with van der Waals surface area (Å²) in [5.74, 6) is 1.07. The minimum atomic E-state index is -0.123. The number of Topliss-reactive ketones (excluding diaryl/α,β-unsaturated/α-hetero) is 1. The molecular weight excluding hydrogens is 226 g/mol. The molecule has 1 aromatic rings. The van der Waals surface area contributed by atoms with E-state index < -0.39 is 0 Å². The van der Waals surface area contributed by atoms with E-state index in [4.69, 9.17) is 22.1 Å². The highest BCUT2D eigenvalue weighted by Crippen LogP contribution is 2.47. The van der Waals surface area contributed by atoms with Crippen LogP contribution in [0.5, 0.6) is 5.75 Å². The molecule has 0 bridgehead atoms. The van der Waals surface area contributed by atoms with Crippen LogP contribution in [-0.4, -0.2) is 19.4 Å². The van der Waals surface area contributed by atoms with Crippen LogP contribution in [0.15, 0.2) is 12.1 Å². The van der Waals surface area contributed by atoms with E-state index in [9.17, 15) is 4.79 Å². The van der Waals surface area contributed by atoms with Gasteiger partial charge in [-0.25, -0.2) is 0 Å². The van der Waals surface area contributed by atoms with Gasteiger partial charge in [0.1, 0.15) is 5.75 Å². The van der Waals surface area contributed by atoms with Crippen molar-refractivity contribution in [3.8, 4) is 5.75 Å². The lowest BCUT2D eigenvalue weighted by atomic mass is 10.0. The van der Waals surface area contributed by atoms with Gasteiger partial charge in [-0.3, -0.25) is 4.79 Å². The fourth-order valence-corrected chi connectivity index (χ4v) is 2.17. The summed E-state index contributed by atoms with van der Waals surface area (Å²) in [6, 6.07) is 3.42. The number of hydrogen-bond acceptors (Lipinski definition) is 3. The van der Waals surface area contributed by atoms with E-state index in [0.717, 1.165) is 18.4 Å². The van der Waals surface area contributed by atoms with Crippen LogP contribution in [-0.2, 0) is 0 Å². The third-order valence-corrected chi connectivity index (χ3v) is 3.12.